The van der Waals surface area contributed by atoms with Crippen LogP contribution in [0, 0.1) is 0 Å². The number of urea groups is 1. The molecular formula is C9H15ClN2O2. The number of carbonyl (C=O) groups is 2. The molecule has 3 amide bonds. The zero-order valence-corrected chi connectivity index (χ0v) is 9.01. The molecule has 0 aromatic carbocycles. The molecule has 4 nitrogen and oxygen atoms in total. The van der Waals surface area contributed by atoms with Gasteiger partial charge in [0.1, 0.15) is 5.88 Å². The maximum atomic E-state index is 11.4. The van der Waals surface area contributed by atoms with Gasteiger partial charge in [0.15, 0.2) is 0 Å². The van der Waals surface area contributed by atoms with Gasteiger partial charge in [-0.1, -0.05) is 12.8 Å². The average molecular weight is 219 g/mol. The summed E-state index contributed by atoms with van der Waals surface area (Å²) in [4.78, 5) is 23.9. The Kier molecular flexibility index (Phi) is 4.20. The largest absolute Gasteiger partial charge is 0.325 e. The Balaban J connectivity index is 2.39. The fourth-order valence-corrected chi connectivity index (χ4v) is 1.77. The first-order valence-electron chi connectivity index (χ1n) is 4.77. The Morgan fingerprint density at radius 3 is 2.50 bits per heavy atom. The molecule has 5 heteroatoms. The Hall–Kier alpha value is -0.770. The predicted molar refractivity (Wildman–Crippen MR) is 54.3 cm³/mol. The number of rotatable bonds is 2. The summed E-state index contributed by atoms with van der Waals surface area (Å²) in [5.41, 5.74) is 0. The van der Waals surface area contributed by atoms with Crippen LogP contribution in [0.3, 0.4) is 0 Å². The zero-order chi connectivity index (χ0) is 10.6. The van der Waals surface area contributed by atoms with E-state index in [0.717, 1.165) is 25.7 Å². The third-order valence-corrected chi connectivity index (χ3v) is 2.80. The first-order valence-corrected chi connectivity index (χ1v) is 5.31. The molecule has 0 radical (unpaired) electrons. The highest BCUT2D eigenvalue weighted by molar-refractivity contribution is 6.28. The van der Waals surface area contributed by atoms with Gasteiger partial charge in [-0.15, -0.1) is 11.6 Å². The van der Waals surface area contributed by atoms with Crippen molar-refractivity contribution in [2.24, 2.45) is 0 Å². The van der Waals surface area contributed by atoms with Crippen LogP contribution in [0.15, 0.2) is 0 Å². The molecule has 1 saturated carbocycles. The van der Waals surface area contributed by atoms with Crippen molar-refractivity contribution >= 4 is 23.5 Å². The number of imide groups is 1. The Morgan fingerprint density at radius 2 is 2.00 bits per heavy atom. The first kappa shape index (κ1) is 11.3. The minimum absolute atomic E-state index is 0.176. The van der Waals surface area contributed by atoms with Gasteiger partial charge in [0.25, 0.3) is 0 Å². The fraction of sp³-hybridized carbons (Fsp3) is 0.778. The molecule has 0 unspecified atom stereocenters. The molecule has 1 fully saturated rings. The van der Waals surface area contributed by atoms with E-state index in [2.05, 4.69) is 5.32 Å². The molecule has 1 N–H and O–H groups in total. The summed E-state index contributed by atoms with van der Waals surface area (Å²) in [7, 11) is 1.72. The molecule has 1 aliphatic rings. The lowest BCUT2D eigenvalue weighted by Gasteiger charge is -2.23. The summed E-state index contributed by atoms with van der Waals surface area (Å²) in [5.74, 6) is -0.619. The molecule has 0 aromatic heterocycles. The van der Waals surface area contributed by atoms with Crippen LogP contribution in [-0.4, -0.2) is 35.8 Å². The standard InChI is InChI=1S/C9H15ClN2O2/c1-12(7-4-2-3-5-7)9(14)11-8(13)6-10/h7H,2-6H2,1H3,(H,11,13,14). The van der Waals surface area contributed by atoms with Gasteiger partial charge in [-0.3, -0.25) is 10.1 Å². The van der Waals surface area contributed by atoms with Gasteiger partial charge in [0, 0.05) is 13.1 Å². The molecule has 0 aromatic rings. The van der Waals surface area contributed by atoms with Crippen LogP contribution in [0.1, 0.15) is 25.7 Å². The van der Waals surface area contributed by atoms with E-state index in [1.165, 1.54) is 0 Å². The summed E-state index contributed by atoms with van der Waals surface area (Å²) < 4.78 is 0. The van der Waals surface area contributed by atoms with Gasteiger partial charge in [-0.25, -0.2) is 4.79 Å². The predicted octanol–water partition coefficient (Wildman–Crippen LogP) is 1.34. The van der Waals surface area contributed by atoms with E-state index in [9.17, 15) is 9.59 Å². The number of nitrogens with zero attached hydrogens (tertiary/aromatic N) is 1. The molecule has 0 heterocycles. The van der Waals surface area contributed by atoms with Crippen LogP contribution >= 0.6 is 11.6 Å². The smallest absolute Gasteiger partial charge is 0.324 e. The summed E-state index contributed by atoms with van der Waals surface area (Å²) in [6.45, 7) is 0. The lowest BCUT2D eigenvalue weighted by atomic mass is 10.2. The minimum Gasteiger partial charge on any atom is -0.325 e. The van der Waals surface area contributed by atoms with Crippen molar-refractivity contribution in [1.82, 2.24) is 10.2 Å². The third kappa shape index (κ3) is 2.87. The lowest BCUT2D eigenvalue weighted by molar-refractivity contribution is -0.117. The highest BCUT2D eigenvalue weighted by Gasteiger charge is 2.23. The van der Waals surface area contributed by atoms with Gasteiger partial charge >= 0.3 is 6.03 Å². The van der Waals surface area contributed by atoms with E-state index in [1.807, 2.05) is 0 Å². The van der Waals surface area contributed by atoms with E-state index in [-0.39, 0.29) is 18.0 Å². The summed E-state index contributed by atoms with van der Waals surface area (Å²) in [6, 6.07) is -0.0688. The number of hydrogen-bond acceptors (Lipinski definition) is 2. The topological polar surface area (TPSA) is 49.4 Å². The number of halogens is 1. The van der Waals surface area contributed by atoms with E-state index in [1.54, 1.807) is 11.9 Å². The number of nitrogens with one attached hydrogen (secondary N) is 1. The number of hydrogen-bond donors (Lipinski definition) is 1. The Morgan fingerprint density at radius 1 is 1.43 bits per heavy atom. The van der Waals surface area contributed by atoms with Crippen LogP contribution in [0.5, 0.6) is 0 Å². The van der Waals surface area contributed by atoms with Gasteiger partial charge in [-0.2, -0.15) is 0 Å². The second kappa shape index (κ2) is 5.20. The maximum absolute atomic E-state index is 11.4. The second-order valence-electron chi connectivity index (χ2n) is 3.54. The normalized spacial score (nSPS) is 16.7. The number of amides is 3. The summed E-state index contributed by atoms with van der Waals surface area (Å²) >= 11 is 5.28. The summed E-state index contributed by atoms with van der Waals surface area (Å²) in [5, 5.41) is 2.22. The Labute approximate surface area is 88.6 Å². The van der Waals surface area contributed by atoms with Crippen molar-refractivity contribution in [2.75, 3.05) is 12.9 Å². The van der Waals surface area contributed by atoms with E-state index in [0.29, 0.717) is 0 Å². The highest BCUT2D eigenvalue weighted by atomic mass is 35.5. The van der Waals surface area contributed by atoms with Crippen LogP contribution in [-0.2, 0) is 4.79 Å². The van der Waals surface area contributed by atoms with Crippen LogP contribution in [0.4, 0.5) is 4.79 Å². The lowest BCUT2D eigenvalue weighted by Crippen LogP contribution is -2.45. The van der Waals surface area contributed by atoms with Crippen LogP contribution in [0.2, 0.25) is 0 Å². The fourth-order valence-electron chi connectivity index (χ4n) is 1.70. The van der Waals surface area contributed by atoms with Crippen molar-refractivity contribution in [3.63, 3.8) is 0 Å². The minimum atomic E-state index is -0.443. The third-order valence-electron chi connectivity index (χ3n) is 2.56. The Bertz CT molecular complexity index is 227. The van der Waals surface area contributed by atoms with E-state index >= 15 is 0 Å². The van der Waals surface area contributed by atoms with Gasteiger partial charge < -0.3 is 4.90 Å². The van der Waals surface area contributed by atoms with Crippen LogP contribution < -0.4 is 5.32 Å². The molecule has 0 atom stereocenters. The molecule has 0 aliphatic heterocycles. The monoisotopic (exact) mass is 218 g/mol. The molecule has 1 rings (SSSR count). The molecule has 0 bridgehead atoms. The maximum Gasteiger partial charge on any atom is 0.324 e. The number of alkyl halides is 1. The first-order chi connectivity index (χ1) is 6.65. The molecule has 14 heavy (non-hydrogen) atoms. The zero-order valence-electron chi connectivity index (χ0n) is 8.25. The highest BCUT2D eigenvalue weighted by Crippen LogP contribution is 2.22. The van der Waals surface area contributed by atoms with Gasteiger partial charge in [0.2, 0.25) is 5.91 Å². The van der Waals surface area contributed by atoms with Gasteiger partial charge in [0.05, 0.1) is 0 Å². The molecule has 0 spiro atoms. The van der Waals surface area contributed by atoms with Crippen LogP contribution in [0.25, 0.3) is 0 Å². The molecule has 0 saturated heterocycles. The van der Waals surface area contributed by atoms with E-state index < -0.39 is 5.91 Å². The molecule has 80 valence electrons. The summed E-state index contributed by atoms with van der Waals surface area (Å²) in [6.07, 6.45) is 4.37. The van der Waals surface area contributed by atoms with E-state index in [4.69, 9.17) is 11.6 Å². The van der Waals surface area contributed by atoms with Crippen molar-refractivity contribution < 1.29 is 9.59 Å². The van der Waals surface area contributed by atoms with Crippen molar-refractivity contribution in [3.8, 4) is 0 Å². The van der Waals surface area contributed by atoms with Crippen molar-refractivity contribution in [1.29, 1.82) is 0 Å². The van der Waals surface area contributed by atoms with Gasteiger partial charge in [-0.05, 0) is 12.8 Å². The number of carbonyl (C=O) groups excluding carboxylic acids is 2. The SMILES string of the molecule is CN(C(=O)NC(=O)CCl)C1CCCC1. The van der Waals surface area contributed by atoms with Crippen molar-refractivity contribution in [3.05, 3.63) is 0 Å². The van der Waals surface area contributed by atoms with Crippen molar-refractivity contribution in [2.45, 2.75) is 31.7 Å². The second-order valence-corrected chi connectivity index (χ2v) is 3.80. The average Bonchev–Trinajstić information content (AvgIpc) is 2.69. The quantitative estimate of drug-likeness (QED) is 0.711. The molecular weight excluding hydrogens is 204 g/mol. The molecule has 1 aliphatic carbocycles.